The molecule has 0 amide bonds. The molecule has 0 fully saturated rings. The highest BCUT2D eigenvalue weighted by molar-refractivity contribution is 7.90. The summed E-state index contributed by atoms with van der Waals surface area (Å²) in [5.74, 6) is 0.0252. The van der Waals surface area contributed by atoms with Gasteiger partial charge < -0.3 is 0 Å². The molecule has 0 aromatic heterocycles. The van der Waals surface area contributed by atoms with Crippen LogP contribution in [0.5, 0.6) is 0 Å². The van der Waals surface area contributed by atoms with Crippen LogP contribution in [0.25, 0.3) is 10.8 Å². The van der Waals surface area contributed by atoms with Crippen LogP contribution in [0.15, 0.2) is 71.6 Å². The number of rotatable bonds is 3. The van der Waals surface area contributed by atoms with E-state index in [1.807, 2.05) is 61.5 Å². The summed E-state index contributed by atoms with van der Waals surface area (Å²) in [5, 5.41) is 2.06. The summed E-state index contributed by atoms with van der Waals surface area (Å²) in [6, 6.07) is 20.7. The summed E-state index contributed by atoms with van der Waals surface area (Å²) in [6.45, 7) is 1.95. The standard InChI is InChI=1S/C18H16O2S/c1-14-9-11-17(12-10-14)21(19,20)13-16-7-4-6-15-5-2-3-8-18(15)16/h2-12H,13H2,1H3. The molecule has 0 aliphatic carbocycles. The zero-order chi connectivity index (χ0) is 14.9. The maximum absolute atomic E-state index is 12.6. The Bertz CT molecular complexity index is 873. The molecule has 3 aromatic carbocycles. The molecule has 3 heteroatoms. The third kappa shape index (κ3) is 2.83. The van der Waals surface area contributed by atoms with Crippen LogP contribution in [-0.4, -0.2) is 8.42 Å². The SMILES string of the molecule is Cc1ccc(S(=O)(=O)Cc2cccc3ccccc23)cc1. The topological polar surface area (TPSA) is 34.1 Å². The first-order valence-electron chi connectivity index (χ1n) is 6.82. The van der Waals surface area contributed by atoms with Crippen LogP contribution in [0.2, 0.25) is 0 Å². The Morgan fingerprint density at radius 3 is 2.24 bits per heavy atom. The molecule has 21 heavy (non-hydrogen) atoms. The lowest BCUT2D eigenvalue weighted by Crippen LogP contribution is -2.05. The predicted octanol–water partition coefficient (Wildman–Crippen LogP) is 4.12. The van der Waals surface area contributed by atoms with Crippen molar-refractivity contribution in [1.29, 1.82) is 0 Å². The maximum atomic E-state index is 12.6. The van der Waals surface area contributed by atoms with Crippen LogP contribution in [-0.2, 0) is 15.6 Å². The molecule has 0 bridgehead atoms. The van der Waals surface area contributed by atoms with Gasteiger partial charge in [0.25, 0.3) is 0 Å². The van der Waals surface area contributed by atoms with Gasteiger partial charge in [-0.15, -0.1) is 0 Å². The fourth-order valence-electron chi connectivity index (χ4n) is 2.45. The van der Waals surface area contributed by atoms with E-state index in [2.05, 4.69) is 0 Å². The summed E-state index contributed by atoms with van der Waals surface area (Å²) in [4.78, 5) is 0.376. The number of aryl methyl sites for hydroxylation is 1. The predicted molar refractivity (Wildman–Crippen MR) is 86.0 cm³/mol. The zero-order valence-corrected chi connectivity index (χ0v) is 12.6. The summed E-state index contributed by atoms with van der Waals surface area (Å²) in [6.07, 6.45) is 0. The Kier molecular flexibility index (Phi) is 3.52. The van der Waals surface area contributed by atoms with Crippen molar-refractivity contribution >= 4 is 20.6 Å². The Morgan fingerprint density at radius 2 is 1.48 bits per heavy atom. The third-order valence-corrected chi connectivity index (χ3v) is 5.29. The molecule has 3 rings (SSSR count). The lowest BCUT2D eigenvalue weighted by atomic mass is 10.1. The van der Waals surface area contributed by atoms with E-state index in [1.54, 1.807) is 12.1 Å². The Labute approximate surface area is 125 Å². The van der Waals surface area contributed by atoms with Gasteiger partial charge in [0.15, 0.2) is 9.84 Å². The number of fused-ring (bicyclic) bond motifs is 1. The quantitative estimate of drug-likeness (QED) is 0.728. The van der Waals surface area contributed by atoms with Gasteiger partial charge in [0.05, 0.1) is 10.6 Å². The van der Waals surface area contributed by atoms with E-state index in [0.29, 0.717) is 4.90 Å². The molecule has 0 atom stereocenters. The summed E-state index contributed by atoms with van der Waals surface area (Å²) in [7, 11) is -3.32. The van der Waals surface area contributed by atoms with E-state index in [9.17, 15) is 8.42 Å². The number of hydrogen-bond acceptors (Lipinski definition) is 2. The molecule has 0 saturated carbocycles. The summed E-state index contributed by atoms with van der Waals surface area (Å²) in [5.41, 5.74) is 1.90. The van der Waals surface area contributed by atoms with E-state index >= 15 is 0 Å². The molecule has 0 aliphatic heterocycles. The van der Waals surface area contributed by atoms with Crippen LogP contribution in [0.1, 0.15) is 11.1 Å². The molecule has 0 spiro atoms. The van der Waals surface area contributed by atoms with Crippen molar-refractivity contribution in [2.75, 3.05) is 0 Å². The zero-order valence-electron chi connectivity index (χ0n) is 11.8. The van der Waals surface area contributed by atoms with Gasteiger partial charge in [0.2, 0.25) is 0 Å². The molecule has 0 N–H and O–H groups in total. The van der Waals surface area contributed by atoms with Gasteiger partial charge in [0.1, 0.15) is 0 Å². The second kappa shape index (κ2) is 5.34. The number of benzene rings is 3. The highest BCUT2D eigenvalue weighted by Crippen LogP contribution is 2.23. The van der Waals surface area contributed by atoms with Crippen LogP contribution in [0, 0.1) is 6.92 Å². The van der Waals surface area contributed by atoms with Crippen molar-refractivity contribution < 1.29 is 8.42 Å². The molecular weight excluding hydrogens is 280 g/mol. The van der Waals surface area contributed by atoms with E-state index < -0.39 is 9.84 Å². The van der Waals surface area contributed by atoms with Crippen molar-refractivity contribution in [3.05, 3.63) is 77.9 Å². The number of sulfone groups is 1. The normalized spacial score (nSPS) is 11.7. The smallest absolute Gasteiger partial charge is 0.182 e. The van der Waals surface area contributed by atoms with E-state index in [0.717, 1.165) is 21.9 Å². The first kappa shape index (κ1) is 13.8. The van der Waals surface area contributed by atoms with Crippen LogP contribution in [0.3, 0.4) is 0 Å². The fourth-order valence-corrected chi connectivity index (χ4v) is 3.83. The van der Waals surface area contributed by atoms with Crippen LogP contribution in [0.4, 0.5) is 0 Å². The summed E-state index contributed by atoms with van der Waals surface area (Å²) < 4.78 is 25.1. The van der Waals surface area contributed by atoms with E-state index in [4.69, 9.17) is 0 Å². The van der Waals surface area contributed by atoms with Gasteiger partial charge in [-0.25, -0.2) is 8.42 Å². The minimum absolute atomic E-state index is 0.0252. The minimum atomic E-state index is -3.32. The van der Waals surface area contributed by atoms with Crippen molar-refractivity contribution in [3.8, 4) is 0 Å². The molecular formula is C18H16O2S. The van der Waals surface area contributed by atoms with Crippen LogP contribution >= 0.6 is 0 Å². The molecule has 106 valence electrons. The largest absolute Gasteiger partial charge is 0.223 e. The highest BCUT2D eigenvalue weighted by Gasteiger charge is 2.16. The second-order valence-corrected chi connectivity index (χ2v) is 7.20. The van der Waals surface area contributed by atoms with Crippen LogP contribution < -0.4 is 0 Å². The maximum Gasteiger partial charge on any atom is 0.182 e. The Hall–Kier alpha value is -2.13. The molecule has 0 unspecified atom stereocenters. The van der Waals surface area contributed by atoms with Crippen molar-refractivity contribution in [2.24, 2.45) is 0 Å². The van der Waals surface area contributed by atoms with Gasteiger partial charge in [-0.1, -0.05) is 60.2 Å². The van der Waals surface area contributed by atoms with Gasteiger partial charge >= 0.3 is 0 Å². The second-order valence-electron chi connectivity index (χ2n) is 5.21. The minimum Gasteiger partial charge on any atom is -0.223 e. The van der Waals surface area contributed by atoms with Gasteiger partial charge in [-0.2, -0.15) is 0 Å². The Balaban J connectivity index is 2.03. The fraction of sp³-hybridized carbons (Fsp3) is 0.111. The van der Waals surface area contributed by atoms with E-state index in [1.165, 1.54) is 0 Å². The molecule has 2 nitrogen and oxygen atoms in total. The van der Waals surface area contributed by atoms with Crippen molar-refractivity contribution in [1.82, 2.24) is 0 Å². The first-order chi connectivity index (χ1) is 10.1. The molecule has 3 aromatic rings. The first-order valence-corrected chi connectivity index (χ1v) is 8.47. The molecule has 0 heterocycles. The van der Waals surface area contributed by atoms with Gasteiger partial charge in [-0.05, 0) is 35.4 Å². The lowest BCUT2D eigenvalue weighted by Gasteiger charge is -2.08. The average molecular weight is 296 g/mol. The van der Waals surface area contributed by atoms with Crippen molar-refractivity contribution in [3.63, 3.8) is 0 Å². The monoisotopic (exact) mass is 296 g/mol. The van der Waals surface area contributed by atoms with E-state index in [-0.39, 0.29) is 5.75 Å². The van der Waals surface area contributed by atoms with Gasteiger partial charge in [-0.3, -0.25) is 0 Å². The molecule has 0 radical (unpaired) electrons. The Morgan fingerprint density at radius 1 is 0.810 bits per heavy atom. The van der Waals surface area contributed by atoms with Gasteiger partial charge in [0, 0.05) is 0 Å². The average Bonchev–Trinajstić information content (AvgIpc) is 2.48. The molecule has 0 saturated heterocycles. The lowest BCUT2D eigenvalue weighted by molar-refractivity contribution is 0.595. The highest BCUT2D eigenvalue weighted by atomic mass is 32.2. The molecule has 0 aliphatic rings. The third-order valence-electron chi connectivity index (χ3n) is 3.61. The van der Waals surface area contributed by atoms with Crippen molar-refractivity contribution in [2.45, 2.75) is 17.6 Å². The number of hydrogen-bond donors (Lipinski definition) is 0. The summed E-state index contributed by atoms with van der Waals surface area (Å²) >= 11 is 0.